The third-order valence-corrected chi connectivity index (χ3v) is 3.70. The van der Waals surface area contributed by atoms with Gasteiger partial charge < -0.3 is 11.1 Å². The van der Waals surface area contributed by atoms with Crippen molar-refractivity contribution in [2.45, 2.75) is 44.1 Å². The van der Waals surface area contributed by atoms with Crippen molar-refractivity contribution in [2.75, 3.05) is 6.54 Å². The molecule has 2 atom stereocenters. The van der Waals surface area contributed by atoms with Crippen molar-refractivity contribution in [3.8, 4) is 0 Å². The Labute approximate surface area is 121 Å². The lowest BCUT2D eigenvalue weighted by Gasteiger charge is -2.21. The van der Waals surface area contributed by atoms with Crippen molar-refractivity contribution in [1.82, 2.24) is 5.32 Å². The molecule has 4 heteroatoms. The fourth-order valence-electron chi connectivity index (χ4n) is 2.77. The van der Waals surface area contributed by atoms with E-state index in [9.17, 15) is 4.79 Å². The lowest BCUT2D eigenvalue weighted by atomic mass is 9.94. The topological polar surface area (TPSA) is 55.1 Å². The summed E-state index contributed by atoms with van der Waals surface area (Å²) in [6, 6.07) is 10.8. The van der Waals surface area contributed by atoms with Gasteiger partial charge in [-0.05, 0) is 31.4 Å². The molecule has 1 amide bonds. The van der Waals surface area contributed by atoms with Crippen LogP contribution in [0.3, 0.4) is 0 Å². The molecule has 2 unspecified atom stereocenters. The van der Waals surface area contributed by atoms with Crippen LogP contribution >= 0.6 is 12.4 Å². The van der Waals surface area contributed by atoms with Gasteiger partial charge in [0.2, 0.25) is 5.91 Å². The molecular formula is C15H23ClN2O. The Morgan fingerprint density at radius 1 is 1.26 bits per heavy atom. The Balaban J connectivity index is 0.00000180. The smallest absolute Gasteiger partial charge is 0.220 e. The number of carbonyl (C=O) groups excluding carboxylic acids is 1. The van der Waals surface area contributed by atoms with E-state index < -0.39 is 0 Å². The van der Waals surface area contributed by atoms with E-state index in [0.717, 1.165) is 12.8 Å². The molecule has 3 N–H and O–H groups in total. The Bertz CT molecular complexity index is 383. The van der Waals surface area contributed by atoms with E-state index in [2.05, 4.69) is 29.6 Å². The van der Waals surface area contributed by atoms with E-state index in [4.69, 9.17) is 5.73 Å². The molecule has 1 aliphatic carbocycles. The molecule has 1 aromatic rings. The fourth-order valence-corrected chi connectivity index (χ4v) is 2.77. The minimum absolute atomic E-state index is 0. The summed E-state index contributed by atoms with van der Waals surface area (Å²) < 4.78 is 0. The highest BCUT2D eigenvalue weighted by Gasteiger charge is 2.29. The fraction of sp³-hybridized carbons (Fsp3) is 0.533. The van der Waals surface area contributed by atoms with Crippen LogP contribution < -0.4 is 11.1 Å². The van der Waals surface area contributed by atoms with Crippen molar-refractivity contribution in [2.24, 2.45) is 5.73 Å². The van der Waals surface area contributed by atoms with Gasteiger partial charge in [-0.1, -0.05) is 36.8 Å². The molecule has 0 aliphatic heterocycles. The van der Waals surface area contributed by atoms with Gasteiger partial charge in [-0.3, -0.25) is 4.79 Å². The number of hydrogen-bond acceptors (Lipinski definition) is 2. The average molecular weight is 283 g/mol. The van der Waals surface area contributed by atoms with Crippen molar-refractivity contribution >= 4 is 18.3 Å². The third kappa shape index (κ3) is 4.51. The van der Waals surface area contributed by atoms with Crippen LogP contribution in [0.15, 0.2) is 30.3 Å². The van der Waals surface area contributed by atoms with Gasteiger partial charge in [-0.2, -0.15) is 0 Å². The Kier molecular flexibility index (Phi) is 6.89. The number of hydrogen-bond donors (Lipinski definition) is 2. The maximum atomic E-state index is 11.8. The first-order valence-corrected chi connectivity index (χ1v) is 6.85. The van der Waals surface area contributed by atoms with Crippen LogP contribution in [0.1, 0.15) is 43.6 Å². The van der Waals surface area contributed by atoms with E-state index in [1.807, 2.05) is 6.07 Å². The first kappa shape index (κ1) is 16.0. The van der Waals surface area contributed by atoms with Crippen LogP contribution in [-0.2, 0) is 4.79 Å². The van der Waals surface area contributed by atoms with Gasteiger partial charge in [0.15, 0.2) is 0 Å². The molecular weight excluding hydrogens is 260 g/mol. The maximum Gasteiger partial charge on any atom is 0.220 e. The number of rotatable bonds is 5. The zero-order chi connectivity index (χ0) is 12.8. The summed E-state index contributed by atoms with van der Waals surface area (Å²) in [5, 5.41) is 3.17. The molecule has 0 bridgehead atoms. The van der Waals surface area contributed by atoms with Crippen molar-refractivity contribution < 1.29 is 4.79 Å². The molecule has 0 spiro atoms. The minimum Gasteiger partial charge on any atom is -0.353 e. The highest BCUT2D eigenvalue weighted by molar-refractivity contribution is 5.85. The van der Waals surface area contributed by atoms with E-state index in [1.54, 1.807) is 0 Å². The van der Waals surface area contributed by atoms with Gasteiger partial charge in [0, 0.05) is 18.4 Å². The summed E-state index contributed by atoms with van der Waals surface area (Å²) in [6.07, 6.45) is 4.78. The van der Waals surface area contributed by atoms with E-state index in [0.29, 0.717) is 24.9 Å². The number of nitrogens with two attached hydrogens (primary N) is 1. The average Bonchev–Trinajstić information content (AvgIpc) is 2.85. The van der Waals surface area contributed by atoms with Crippen LogP contribution in [0.5, 0.6) is 0 Å². The maximum absolute atomic E-state index is 11.8. The highest BCUT2D eigenvalue weighted by Crippen LogP contribution is 2.34. The number of halogens is 1. The zero-order valence-corrected chi connectivity index (χ0v) is 12.0. The SMILES string of the molecule is Cl.NCCCC(=O)NC1CCCC1c1ccccc1. The van der Waals surface area contributed by atoms with E-state index in [-0.39, 0.29) is 18.3 Å². The second-order valence-electron chi connectivity index (χ2n) is 5.01. The van der Waals surface area contributed by atoms with Gasteiger partial charge in [-0.25, -0.2) is 0 Å². The molecule has 0 heterocycles. The lowest BCUT2D eigenvalue weighted by molar-refractivity contribution is -0.121. The number of benzene rings is 1. The van der Waals surface area contributed by atoms with E-state index >= 15 is 0 Å². The van der Waals surface area contributed by atoms with Gasteiger partial charge in [0.25, 0.3) is 0 Å². The normalized spacial score (nSPS) is 21.7. The summed E-state index contributed by atoms with van der Waals surface area (Å²) in [6.45, 7) is 0.584. The van der Waals surface area contributed by atoms with Crippen LogP contribution in [0, 0.1) is 0 Å². The summed E-state index contributed by atoms with van der Waals surface area (Å²) in [7, 11) is 0. The molecule has 0 radical (unpaired) electrons. The number of carbonyl (C=O) groups is 1. The Morgan fingerprint density at radius 2 is 2.00 bits per heavy atom. The molecule has 1 fully saturated rings. The molecule has 1 aromatic carbocycles. The Morgan fingerprint density at radius 3 is 2.68 bits per heavy atom. The van der Waals surface area contributed by atoms with Crippen molar-refractivity contribution in [1.29, 1.82) is 0 Å². The summed E-state index contributed by atoms with van der Waals surface area (Å²) in [4.78, 5) is 11.8. The molecule has 1 saturated carbocycles. The molecule has 1 aliphatic rings. The van der Waals surface area contributed by atoms with Crippen molar-refractivity contribution in [3.05, 3.63) is 35.9 Å². The van der Waals surface area contributed by atoms with Gasteiger partial charge in [0.1, 0.15) is 0 Å². The van der Waals surface area contributed by atoms with E-state index in [1.165, 1.54) is 18.4 Å². The monoisotopic (exact) mass is 282 g/mol. The molecule has 106 valence electrons. The number of nitrogens with one attached hydrogen (secondary N) is 1. The largest absolute Gasteiger partial charge is 0.353 e. The van der Waals surface area contributed by atoms with Crippen LogP contribution in [0.4, 0.5) is 0 Å². The number of amides is 1. The predicted molar refractivity (Wildman–Crippen MR) is 80.5 cm³/mol. The Hall–Kier alpha value is -1.06. The lowest BCUT2D eigenvalue weighted by Crippen LogP contribution is -2.36. The summed E-state index contributed by atoms with van der Waals surface area (Å²) >= 11 is 0. The van der Waals surface area contributed by atoms with Gasteiger partial charge in [0.05, 0.1) is 0 Å². The first-order chi connectivity index (χ1) is 8.81. The third-order valence-electron chi connectivity index (χ3n) is 3.70. The summed E-state index contributed by atoms with van der Waals surface area (Å²) in [5.41, 5.74) is 6.77. The second kappa shape index (κ2) is 8.18. The molecule has 3 nitrogen and oxygen atoms in total. The predicted octanol–water partition coefficient (Wildman–Crippen LogP) is 2.60. The van der Waals surface area contributed by atoms with Gasteiger partial charge >= 0.3 is 0 Å². The quantitative estimate of drug-likeness (QED) is 0.872. The summed E-state index contributed by atoms with van der Waals surface area (Å²) in [5.74, 6) is 0.626. The van der Waals surface area contributed by atoms with Crippen LogP contribution in [-0.4, -0.2) is 18.5 Å². The van der Waals surface area contributed by atoms with Crippen LogP contribution in [0.2, 0.25) is 0 Å². The van der Waals surface area contributed by atoms with Crippen molar-refractivity contribution in [3.63, 3.8) is 0 Å². The minimum atomic E-state index is 0. The zero-order valence-electron chi connectivity index (χ0n) is 11.2. The molecule has 0 saturated heterocycles. The second-order valence-corrected chi connectivity index (χ2v) is 5.01. The molecule has 2 rings (SSSR count). The van der Waals surface area contributed by atoms with Crippen LogP contribution in [0.25, 0.3) is 0 Å². The van der Waals surface area contributed by atoms with Gasteiger partial charge in [-0.15, -0.1) is 12.4 Å². The first-order valence-electron chi connectivity index (χ1n) is 6.85. The molecule has 0 aromatic heterocycles. The standard InChI is InChI=1S/C15H22N2O.ClH/c16-11-5-10-15(18)17-14-9-4-8-13(14)12-6-2-1-3-7-12;/h1-3,6-7,13-14H,4-5,8-11,16H2,(H,17,18);1H. The molecule has 19 heavy (non-hydrogen) atoms. The highest BCUT2D eigenvalue weighted by atomic mass is 35.5.